The van der Waals surface area contributed by atoms with E-state index in [2.05, 4.69) is 5.32 Å². The van der Waals surface area contributed by atoms with Crippen molar-refractivity contribution in [3.63, 3.8) is 0 Å². The van der Waals surface area contributed by atoms with Gasteiger partial charge in [-0.15, -0.1) is 0 Å². The lowest BCUT2D eigenvalue weighted by Gasteiger charge is -2.10. The molecule has 0 heterocycles. The van der Waals surface area contributed by atoms with E-state index in [0.717, 1.165) is 17.7 Å². The van der Waals surface area contributed by atoms with Crippen LogP contribution in [0.3, 0.4) is 0 Å². The van der Waals surface area contributed by atoms with Gasteiger partial charge in [0.2, 0.25) is 5.91 Å². The van der Waals surface area contributed by atoms with Crippen LogP contribution in [-0.4, -0.2) is 24.1 Å². The molecule has 2 aromatic rings. The van der Waals surface area contributed by atoms with Crippen molar-refractivity contribution >= 4 is 18.0 Å². The number of rotatable bonds is 10. The average Bonchev–Trinajstić information content (AvgIpc) is 3.30. The number of aliphatic carboxylic acids is 1. The molecule has 0 aromatic heterocycles. The van der Waals surface area contributed by atoms with Crippen molar-refractivity contribution in [2.24, 2.45) is 5.92 Å². The number of hydrogen-bond donors (Lipinski definition) is 2. The predicted octanol–water partition coefficient (Wildman–Crippen LogP) is 4.79. The fourth-order valence-corrected chi connectivity index (χ4v) is 3.75. The second-order valence-electron chi connectivity index (χ2n) is 7.81. The lowest BCUT2D eigenvalue weighted by atomic mass is 10.0. The molecule has 1 amide bonds. The molecule has 0 atom stereocenters. The van der Waals surface area contributed by atoms with Crippen LogP contribution in [0.25, 0.3) is 6.08 Å². The Morgan fingerprint density at radius 2 is 1.84 bits per heavy atom. The summed E-state index contributed by atoms with van der Waals surface area (Å²) in [5.74, 6) is 0.615. The van der Waals surface area contributed by atoms with E-state index in [-0.39, 0.29) is 11.6 Å². The smallest absolute Gasteiger partial charge is 0.352 e. The van der Waals surface area contributed by atoms with Gasteiger partial charge in [-0.25, -0.2) is 4.79 Å². The molecule has 1 aliphatic carbocycles. The maximum Gasteiger partial charge on any atom is 0.352 e. The lowest BCUT2D eigenvalue weighted by molar-refractivity contribution is -0.134. The second kappa shape index (κ2) is 11.2. The van der Waals surface area contributed by atoms with Crippen LogP contribution in [0.4, 0.5) is 0 Å². The van der Waals surface area contributed by atoms with E-state index in [0.29, 0.717) is 30.3 Å². The van der Waals surface area contributed by atoms with Crippen LogP contribution >= 0.6 is 0 Å². The van der Waals surface area contributed by atoms with Crippen molar-refractivity contribution in [1.82, 2.24) is 5.32 Å². The minimum atomic E-state index is -1.16. The third kappa shape index (κ3) is 7.17. The molecule has 0 spiro atoms. The molecule has 0 saturated heterocycles. The molecule has 0 unspecified atom stereocenters. The van der Waals surface area contributed by atoms with Crippen LogP contribution in [0.5, 0.6) is 11.5 Å². The third-order valence-corrected chi connectivity index (χ3v) is 5.49. The standard InChI is InChI=1S/C25H29NO5/c1-30-22-8-4-7-20(15-22)17-31-21-12-9-19(10-13-21)16-23(25(28)29)26-24(27)14-11-18-5-2-3-6-18/h4,7-10,12-13,15-16,18H,2-3,5-6,11,14,17H2,1H3,(H,26,27)(H,28,29). The predicted molar refractivity (Wildman–Crippen MR) is 119 cm³/mol. The summed E-state index contributed by atoms with van der Waals surface area (Å²) in [6, 6.07) is 14.7. The van der Waals surface area contributed by atoms with Crippen molar-refractivity contribution in [3.8, 4) is 11.5 Å². The van der Waals surface area contributed by atoms with E-state index in [4.69, 9.17) is 9.47 Å². The number of methoxy groups -OCH3 is 1. The van der Waals surface area contributed by atoms with Gasteiger partial charge in [0.25, 0.3) is 0 Å². The molecule has 6 heteroatoms. The second-order valence-corrected chi connectivity index (χ2v) is 7.81. The first-order chi connectivity index (χ1) is 15.0. The number of carboxylic acid groups (broad SMARTS) is 1. The molecule has 1 aliphatic rings. The first kappa shape index (κ1) is 22.4. The average molecular weight is 424 g/mol. The van der Waals surface area contributed by atoms with Gasteiger partial charge in [-0.2, -0.15) is 0 Å². The van der Waals surface area contributed by atoms with Gasteiger partial charge < -0.3 is 19.9 Å². The number of carboxylic acids is 1. The Labute approximate surface area is 182 Å². The molecule has 0 aliphatic heterocycles. The number of benzene rings is 2. The highest BCUT2D eigenvalue weighted by atomic mass is 16.5. The quantitative estimate of drug-likeness (QED) is 0.537. The van der Waals surface area contributed by atoms with Gasteiger partial charge in [-0.1, -0.05) is 49.9 Å². The summed E-state index contributed by atoms with van der Waals surface area (Å²) in [4.78, 5) is 23.7. The summed E-state index contributed by atoms with van der Waals surface area (Å²) >= 11 is 0. The Bertz CT molecular complexity index is 914. The van der Waals surface area contributed by atoms with Gasteiger partial charge >= 0.3 is 5.97 Å². The highest BCUT2D eigenvalue weighted by Gasteiger charge is 2.17. The van der Waals surface area contributed by atoms with Gasteiger partial charge in [0.15, 0.2) is 0 Å². The fraction of sp³-hybridized carbons (Fsp3) is 0.360. The summed E-state index contributed by atoms with van der Waals surface area (Å²) in [6.07, 6.45) is 7.42. The fourth-order valence-electron chi connectivity index (χ4n) is 3.75. The van der Waals surface area contributed by atoms with E-state index >= 15 is 0 Å². The Balaban J connectivity index is 1.55. The van der Waals surface area contributed by atoms with Crippen molar-refractivity contribution in [2.75, 3.05) is 7.11 Å². The van der Waals surface area contributed by atoms with E-state index < -0.39 is 5.97 Å². The lowest BCUT2D eigenvalue weighted by Crippen LogP contribution is -2.27. The number of carbonyl (C=O) groups excluding carboxylic acids is 1. The number of nitrogens with one attached hydrogen (secondary N) is 1. The number of hydrogen-bond acceptors (Lipinski definition) is 4. The SMILES string of the molecule is COc1cccc(COc2ccc(C=C(NC(=O)CCC3CCCC3)C(=O)O)cc2)c1. The first-order valence-corrected chi connectivity index (χ1v) is 10.6. The molecule has 2 N–H and O–H groups in total. The Hall–Kier alpha value is -3.28. The largest absolute Gasteiger partial charge is 0.497 e. The van der Waals surface area contributed by atoms with Crippen LogP contribution in [0.1, 0.15) is 49.7 Å². The van der Waals surface area contributed by atoms with Gasteiger partial charge in [-0.3, -0.25) is 4.79 Å². The molecule has 164 valence electrons. The summed E-state index contributed by atoms with van der Waals surface area (Å²) in [5.41, 5.74) is 1.53. The van der Waals surface area contributed by atoms with Crippen LogP contribution < -0.4 is 14.8 Å². The van der Waals surface area contributed by atoms with Gasteiger partial charge in [0.1, 0.15) is 23.8 Å². The normalized spacial score (nSPS) is 14.3. The Morgan fingerprint density at radius 3 is 2.52 bits per heavy atom. The van der Waals surface area contributed by atoms with Crippen molar-refractivity contribution in [1.29, 1.82) is 0 Å². The zero-order valence-electron chi connectivity index (χ0n) is 17.8. The summed E-state index contributed by atoms with van der Waals surface area (Å²) in [5, 5.41) is 12.0. The number of amides is 1. The zero-order chi connectivity index (χ0) is 22.1. The Morgan fingerprint density at radius 1 is 1.10 bits per heavy atom. The van der Waals surface area contributed by atoms with Crippen LogP contribution in [-0.2, 0) is 16.2 Å². The maximum absolute atomic E-state index is 12.2. The molecule has 1 fully saturated rings. The van der Waals surface area contributed by atoms with Crippen LogP contribution in [0, 0.1) is 5.92 Å². The van der Waals surface area contributed by atoms with Crippen LogP contribution in [0.2, 0.25) is 0 Å². The van der Waals surface area contributed by atoms with Crippen molar-refractivity contribution in [3.05, 3.63) is 65.4 Å². The highest BCUT2D eigenvalue weighted by molar-refractivity contribution is 5.96. The summed E-state index contributed by atoms with van der Waals surface area (Å²) in [7, 11) is 1.62. The van der Waals surface area contributed by atoms with E-state index in [9.17, 15) is 14.7 Å². The maximum atomic E-state index is 12.2. The molecule has 0 bridgehead atoms. The number of carbonyl (C=O) groups is 2. The summed E-state index contributed by atoms with van der Waals surface area (Å²) in [6.45, 7) is 0.393. The minimum absolute atomic E-state index is 0.124. The van der Waals surface area contributed by atoms with Crippen molar-refractivity contribution < 1.29 is 24.2 Å². The molecule has 2 aromatic carbocycles. The van der Waals surface area contributed by atoms with Gasteiger partial charge in [-0.05, 0) is 53.8 Å². The van der Waals surface area contributed by atoms with E-state index in [1.807, 2.05) is 24.3 Å². The highest BCUT2D eigenvalue weighted by Crippen LogP contribution is 2.28. The molecule has 3 rings (SSSR count). The van der Waals surface area contributed by atoms with E-state index in [1.54, 1.807) is 31.4 Å². The number of ether oxygens (including phenoxy) is 2. The van der Waals surface area contributed by atoms with Gasteiger partial charge in [0, 0.05) is 6.42 Å². The monoisotopic (exact) mass is 423 g/mol. The van der Waals surface area contributed by atoms with E-state index in [1.165, 1.54) is 31.8 Å². The van der Waals surface area contributed by atoms with Crippen molar-refractivity contribution in [2.45, 2.75) is 45.1 Å². The van der Waals surface area contributed by atoms with Gasteiger partial charge in [0.05, 0.1) is 7.11 Å². The minimum Gasteiger partial charge on any atom is -0.497 e. The van der Waals surface area contributed by atoms with Crippen LogP contribution in [0.15, 0.2) is 54.2 Å². The third-order valence-electron chi connectivity index (χ3n) is 5.49. The topological polar surface area (TPSA) is 84.9 Å². The molecule has 6 nitrogen and oxygen atoms in total. The molecule has 31 heavy (non-hydrogen) atoms. The molecular formula is C25H29NO5. The first-order valence-electron chi connectivity index (χ1n) is 10.6. The Kier molecular flexibility index (Phi) is 8.10. The molecule has 1 saturated carbocycles. The molecular weight excluding hydrogens is 394 g/mol. The summed E-state index contributed by atoms with van der Waals surface area (Å²) < 4.78 is 11.0. The zero-order valence-corrected chi connectivity index (χ0v) is 17.8. The molecule has 0 radical (unpaired) electrons.